The lowest BCUT2D eigenvalue weighted by molar-refractivity contribution is -0.121. The Kier molecular flexibility index (Phi) is 5.35. The summed E-state index contributed by atoms with van der Waals surface area (Å²) in [5.41, 5.74) is 3.36. The molecule has 0 radical (unpaired) electrons. The van der Waals surface area contributed by atoms with Crippen LogP contribution in [0.4, 0.5) is 10.1 Å². The summed E-state index contributed by atoms with van der Waals surface area (Å²) in [5.74, 6) is -0.830. The molecule has 136 valence electrons. The third-order valence-electron chi connectivity index (χ3n) is 4.82. The van der Waals surface area contributed by atoms with Crippen molar-refractivity contribution in [2.75, 3.05) is 18.4 Å². The first-order valence-corrected chi connectivity index (χ1v) is 8.87. The molecule has 0 spiro atoms. The van der Waals surface area contributed by atoms with Crippen LogP contribution in [0.1, 0.15) is 34.3 Å². The molecule has 1 heterocycles. The highest BCUT2D eigenvalue weighted by atomic mass is 19.1. The van der Waals surface area contributed by atoms with E-state index in [1.807, 2.05) is 32.0 Å². The zero-order chi connectivity index (χ0) is 18.7. The Balaban J connectivity index is 1.67. The van der Waals surface area contributed by atoms with Gasteiger partial charge in [0.1, 0.15) is 5.82 Å². The Hall–Kier alpha value is -2.69. The number of aryl methyl sites for hydroxylation is 2. The summed E-state index contributed by atoms with van der Waals surface area (Å²) in [6, 6.07) is 11.5. The molecule has 0 unspecified atom stereocenters. The lowest BCUT2D eigenvalue weighted by Gasteiger charge is -2.32. The number of halogens is 1. The van der Waals surface area contributed by atoms with Crippen LogP contribution >= 0.6 is 0 Å². The number of anilines is 1. The van der Waals surface area contributed by atoms with Crippen LogP contribution in [-0.4, -0.2) is 29.8 Å². The molecule has 2 aromatic rings. The van der Waals surface area contributed by atoms with Crippen LogP contribution in [-0.2, 0) is 4.79 Å². The highest BCUT2D eigenvalue weighted by Gasteiger charge is 2.29. The maximum Gasteiger partial charge on any atom is 0.253 e. The fraction of sp³-hybridized carbons (Fsp3) is 0.333. The monoisotopic (exact) mass is 354 g/mol. The molecule has 0 bridgehead atoms. The summed E-state index contributed by atoms with van der Waals surface area (Å²) >= 11 is 0. The van der Waals surface area contributed by atoms with Gasteiger partial charge in [-0.1, -0.05) is 12.1 Å². The van der Waals surface area contributed by atoms with E-state index in [1.165, 1.54) is 24.3 Å². The average Bonchev–Trinajstić information content (AvgIpc) is 2.65. The Morgan fingerprint density at radius 3 is 2.58 bits per heavy atom. The minimum atomic E-state index is -0.369. The standard InChI is InChI=1S/C21H23FN2O2/c1-14-5-6-15(2)19(12-14)23-20(25)17-4-3-11-24(13-17)21(26)16-7-9-18(22)10-8-16/h5-10,12,17H,3-4,11,13H2,1-2H3,(H,23,25)/t17-/m0/s1. The van der Waals surface area contributed by atoms with Crippen LogP contribution in [0.25, 0.3) is 0 Å². The number of carbonyl (C=O) groups excluding carboxylic acids is 2. The van der Waals surface area contributed by atoms with Crippen LogP contribution in [0.2, 0.25) is 0 Å². The van der Waals surface area contributed by atoms with Crippen LogP contribution in [0.15, 0.2) is 42.5 Å². The van der Waals surface area contributed by atoms with E-state index in [-0.39, 0.29) is 23.5 Å². The molecular formula is C21H23FN2O2. The van der Waals surface area contributed by atoms with Crippen molar-refractivity contribution < 1.29 is 14.0 Å². The van der Waals surface area contributed by atoms with Gasteiger partial charge in [-0.3, -0.25) is 9.59 Å². The van der Waals surface area contributed by atoms with Gasteiger partial charge in [0.05, 0.1) is 5.92 Å². The number of hydrogen-bond acceptors (Lipinski definition) is 2. The van der Waals surface area contributed by atoms with Crippen molar-refractivity contribution in [1.82, 2.24) is 4.90 Å². The zero-order valence-electron chi connectivity index (χ0n) is 15.1. The van der Waals surface area contributed by atoms with Crippen molar-refractivity contribution in [1.29, 1.82) is 0 Å². The van der Waals surface area contributed by atoms with Gasteiger partial charge in [0.2, 0.25) is 5.91 Å². The number of nitrogens with zero attached hydrogens (tertiary/aromatic N) is 1. The highest BCUT2D eigenvalue weighted by molar-refractivity contribution is 5.96. The van der Waals surface area contributed by atoms with Gasteiger partial charge in [0.25, 0.3) is 5.91 Å². The van der Waals surface area contributed by atoms with E-state index in [2.05, 4.69) is 5.32 Å². The highest BCUT2D eigenvalue weighted by Crippen LogP contribution is 2.22. The third kappa shape index (κ3) is 4.10. The van der Waals surface area contributed by atoms with Gasteiger partial charge in [-0.15, -0.1) is 0 Å². The molecule has 2 aromatic carbocycles. The van der Waals surface area contributed by atoms with E-state index in [0.29, 0.717) is 18.7 Å². The molecule has 1 aliphatic heterocycles. The third-order valence-corrected chi connectivity index (χ3v) is 4.82. The maximum atomic E-state index is 13.1. The fourth-order valence-corrected chi connectivity index (χ4v) is 3.26. The van der Waals surface area contributed by atoms with Gasteiger partial charge in [0.15, 0.2) is 0 Å². The molecule has 0 aromatic heterocycles. The Morgan fingerprint density at radius 2 is 1.85 bits per heavy atom. The predicted molar refractivity (Wildman–Crippen MR) is 99.6 cm³/mol. The normalized spacial score (nSPS) is 17.0. The SMILES string of the molecule is Cc1ccc(C)c(NC(=O)[C@H]2CCCN(C(=O)c3ccc(F)cc3)C2)c1. The predicted octanol–water partition coefficient (Wildman–Crippen LogP) is 3.93. The molecule has 1 N–H and O–H groups in total. The largest absolute Gasteiger partial charge is 0.338 e. The molecule has 0 aliphatic carbocycles. The Labute approximate surface area is 153 Å². The van der Waals surface area contributed by atoms with Crippen LogP contribution in [0.3, 0.4) is 0 Å². The summed E-state index contributed by atoms with van der Waals surface area (Å²) in [7, 11) is 0. The molecule has 1 aliphatic rings. The van der Waals surface area contributed by atoms with Gasteiger partial charge < -0.3 is 10.2 Å². The number of piperidine rings is 1. The number of carbonyl (C=O) groups is 2. The Morgan fingerprint density at radius 1 is 1.12 bits per heavy atom. The second-order valence-corrected chi connectivity index (χ2v) is 6.90. The van der Waals surface area contributed by atoms with Crippen LogP contribution in [0.5, 0.6) is 0 Å². The molecule has 26 heavy (non-hydrogen) atoms. The molecule has 5 heteroatoms. The lowest BCUT2D eigenvalue weighted by Crippen LogP contribution is -2.43. The van der Waals surface area contributed by atoms with Gasteiger partial charge in [-0.05, 0) is 68.1 Å². The van der Waals surface area contributed by atoms with Gasteiger partial charge in [-0.2, -0.15) is 0 Å². The van der Waals surface area contributed by atoms with Crippen LogP contribution in [0, 0.1) is 25.6 Å². The van der Waals surface area contributed by atoms with Gasteiger partial charge >= 0.3 is 0 Å². The molecular weight excluding hydrogens is 331 g/mol. The maximum absolute atomic E-state index is 13.1. The minimum absolute atomic E-state index is 0.0599. The molecule has 2 amide bonds. The van der Waals surface area contributed by atoms with Crippen molar-refractivity contribution in [2.45, 2.75) is 26.7 Å². The summed E-state index contributed by atoms with van der Waals surface area (Å²) < 4.78 is 13.1. The smallest absolute Gasteiger partial charge is 0.253 e. The zero-order valence-corrected chi connectivity index (χ0v) is 15.1. The van der Waals surface area contributed by atoms with Crippen molar-refractivity contribution in [2.24, 2.45) is 5.92 Å². The van der Waals surface area contributed by atoms with E-state index in [0.717, 1.165) is 29.7 Å². The molecule has 1 saturated heterocycles. The Bertz CT molecular complexity index is 817. The molecule has 3 rings (SSSR count). The summed E-state index contributed by atoms with van der Waals surface area (Å²) in [5, 5.41) is 3.00. The second-order valence-electron chi connectivity index (χ2n) is 6.90. The molecule has 1 atom stereocenters. The first kappa shape index (κ1) is 18.1. The molecule has 1 fully saturated rings. The summed E-state index contributed by atoms with van der Waals surface area (Å²) in [6.45, 7) is 4.94. The number of amides is 2. The first-order chi connectivity index (χ1) is 12.4. The number of likely N-dealkylation sites (tertiary alicyclic amines) is 1. The number of rotatable bonds is 3. The first-order valence-electron chi connectivity index (χ1n) is 8.87. The average molecular weight is 354 g/mol. The molecule has 4 nitrogen and oxygen atoms in total. The summed E-state index contributed by atoms with van der Waals surface area (Å²) in [4.78, 5) is 27.0. The van der Waals surface area contributed by atoms with Gasteiger partial charge in [-0.25, -0.2) is 4.39 Å². The van der Waals surface area contributed by atoms with E-state index in [4.69, 9.17) is 0 Å². The lowest BCUT2D eigenvalue weighted by atomic mass is 9.96. The van der Waals surface area contributed by atoms with Crippen molar-refractivity contribution in [3.8, 4) is 0 Å². The van der Waals surface area contributed by atoms with Crippen molar-refractivity contribution >= 4 is 17.5 Å². The van der Waals surface area contributed by atoms with Crippen molar-refractivity contribution in [3.63, 3.8) is 0 Å². The number of benzene rings is 2. The second kappa shape index (κ2) is 7.68. The topological polar surface area (TPSA) is 49.4 Å². The van der Waals surface area contributed by atoms with Crippen molar-refractivity contribution in [3.05, 3.63) is 65.0 Å². The van der Waals surface area contributed by atoms with Gasteiger partial charge in [0, 0.05) is 24.3 Å². The minimum Gasteiger partial charge on any atom is -0.338 e. The van der Waals surface area contributed by atoms with E-state index in [9.17, 15) is 14.0 Å². The van der Waals surface area contributed by atoms with E-state index < -0.39 is 0 Å². The molecule has 0 saturated carbocycles. The van der Waals surface area contributed by atoms with E-state index >= 15 is 0 Å². The quantitative estimate of drug-likeness (QED) is 0.908. The van der Waals surface area contributed by atoms with Crippen LogP contribution < -0.4 is 5.32 Å². The number of hydrogen-bond donors (Lipinski definition) is 1. The fourth-order valence-electron chi connectivity index (χ4n) is 3.26. The number of nitrogens with one attached hydrogen (secondary N) is 1. The summed E-state index contributed by atoms with van der Waals surface area (Å²) in [6.07, 6.45) is 1.53. The van der Waals surface area contributed by atoms with E-state index in [1.54, 1.807) is 4.90 Å².